The third-order valence-electron chi connectivity index (χ3n) is 8.91. The zero-order chi connectivity index (χ0) is 31.4. The lowest BCUT2D eigenvalue weighted by Gasteiger charge is -2.42. The molecule has 236 valence electrons. The Hall–Kier alpha value is -4.57. The van der Waals surface area contributed by atoms with Gasteiger partial charge in [0, 0.05) is 37.2 Å². The molecule has 7 rings (SSSR count). The second kappa shape index (κ2) is 13.2. The molecule has 3 heterocycles. The molecule has 0 aromatic heterocycles. The van der Waals surface area contributed by atoms with Crippen LogP contribution in [0, 0.1) is 0 Å². The molecule has 3 aromatic rings. The minimum Gasteiger partial charge on any atom is -0.496 e. The fraction of sp³-hybridized carbons (Fsp3) is 0.400. The minimum absolute atomic E-state index is 0.149. The summed E-state index contributed by atoms with van der Waals surface area (Å²) in [5.41, 5.74) is 1.37. The van der Waals surface area contributed by atoms with E-state index in [9.17, 15) is 19.5 Å². The van der Waals surface area contributed by atoms with Crippen LogP contribution in [0.1, 0.15) is 54.4 Å². The Morgan fingerprint density at radius 3 is 2.56 bits per heavy atom. The van der Waals surface area contributed by atoms with Crippen LogP contribution in [0.5, 0.6) is 17.2 Å². The number of rotatable bonds is 2. The lowest BCUT2D eigenvalue weighted by molar-refractivity contribution is -0.157. The van der Waals surface area contributed by atoms with E-state index < -0.39 is 17.7 Å². The number of piperidine rings is 1. The van der Waals surface area contributed by atoms with Crippen molar-refractivity contribution in [2.24, 2.45) is 0 Å². The molecule has 2 fully saturated rings. The van der Waals surface area contributed by atoms with Crippen molar-refractivity contribution in [3.05, 3.63) is 77.9 Å². The van der Waals surface area contributed by atoms with Gasteiger partial charge in [-0.25, -0.2) is 0 Å². The van der Waals surface area contributed by atoms with Gasteiger partial charge in [0.05, 0.1) is 13.2 Å². The number of carbonyl (C=O) groups is 3. The van der Waals surface area contributed by atoms with E-state index in [1.54, 1.807) is 42.3 Å². The van der Waals surface area contributed by atoms with E-state index in [1.807, 2.05) is 36.4 Å². The van der Waals surface area contributed by atoms with Crippen LogP contribution in [0.4, 0.5) is 0 Å². The highest BCUT2D eigenvalue weighted by Crippen LogP contribution is 2.34. The number of benzene rings is 3. The predicted octanol–water partition coefficient (Wildman–Crippen LogP) is 3.84. The van der Waals surface area contributed by atoms with Gasteiger partial charge in [-0.3, -0.25) is 14.4 Å². The zero-order valence-electron chi connectivity index (χ0n) is 25.4. The number of nitrogens with one attached hydrogen (secondary N) is 2. The maximum atomic E-state index is 13.8. The van der Waals surface area contributed by atoms with E-state index in [1.165, 1.54) is 0 Å². The maximum Gasteiger partial charge on any atom is 0.258 e. The summed E-state index contributed by atoms with van der Waals surface area (Å²) >= 11 is 0. The molecule has 2 atom stereocenters. The van der Waals surface area contributed by atoms with E-state index in [4.69, 9.17) is 14.2 Å². The van der Waals surface area contributed by atoms with Gasteiger partial charge in [-0.05, 0) is 66.4 Å². The molecule has 45 heavy (non-hydrogen) atoms. The molecule has 3 aliphatic heterocycles. The molecular formula is C35H39N3O7. The van der Waals surface area contributed by atoms with Gasteiger partial charge in [-0.1, -0.05) is 43.5 Å². The number of methoxy groups -OCH3 is 1. The van der Waals surface area contributed by atoms with Crippen LogP contribution < -0.4 is 24.8 Å². The van der Waals surface area contributed by atoms with Crippen LogP contribution in [0.3, 0.4) is 0 Å². The summed E-state index contributed by atoms with van der Waals surface area (Å²) < 4.78 is 17.8. The molecule has 1 saturated heterocycles. The maximum absolute atomic E-state index is 13.8. The normalized spacial score (nSPS) is 21.7. The second-order valence-corrected chi connectivity index (χ2v) is 12.0. The Kier molecular flexibility index (Phi) is 8.93. The first-order valence-corrected chi connectivity index (χ1v) is 15.6. The summed E-state index contributed by atoms with van der Waals surface area (Å²) in [5.74, 6) is 0.836. The fourth-order valence-corrected chi connectivity index (χ4v) is 6.38. The van der Waals surface area contributed by atoms with Crippen LogP contribution in [-0.4, -0.2) is 72.3 Å². The highest BCUT2D eigenvalue weighted by atomic mass is 16.5. The number of likely N-dealkylation sites (tertiary alicyclic amines) is 1. The summed E-state index contributed by atoms with van der Waals surface area (Å²) in [5, 5.41) is 17.2. The van der Waals surface area contributed by atoms with Crippen molar-refractivity contribution in [3.63, 3.8) is 0 Å². The van der Waals surface area contributed by atoms with Gasteiger partial charge in [0.1, 0.15) is 29.0 Å². The lowest BCUT2D eigenvalue weighted by atomic mass is 9.83. The number of amides is 3. The second-order valence-electron chi connectivity index (χ2n) is 12.0. The Morgan fingerprint density at radius 1 is 0.978 bits per heavy atom. The van der Waals surface area contributed by atoms with Crippen LogP contribution in [0.2, 0.25) is 0 Å². The Labute approximate surface area is 262 Å². The minimum atomic E-state index is -1.36. The number of nitrogens with zero attached hydrogens (tertiary/aromatic N) is 1. The lowest BCUT2D eigenvalue weighted by Crippen LogP contribution is -2.61. The molecular weight excluding hydrogens is 574 g/mol. The van der Waals surface area contributed by atoms with Crippen molar-refractivity contribution in [2.75, 3.05) is 26.8 Å². The highest BCUT2D eigenvalue weighted by molar-refractivity contribution is 5.96. The SMILES string of the molecule is COc1ccc2cc1-c1cccc(c1)OCC(=O)NCc1ccc(cc1)O[C@@H]1CCN(C(=O)C3(O)CCCCC3)C[C@H]1NC2=O. The number of ether oxygens (including phenoxy) is 3. The third kappa shape index (κ3) is 6.91. The van der Waals surface area contributed by atoms with Gasteiger partial charge in [0.25, 0.3) is 17.7 Å². The van der Waals surface area contributed by atoms with Gasteiger partial charge in [0.2, 0.25) is 0 Å². The van der Waals surface area contributed by atoms with Crippen molar-refractivity contribution in [1.82, 2.24) is 15.5 Å². The molecule has 6 bridgehead atoms. The summed E-state index contributed by atoms with van der Waals surface area (Å²) in [6.45, 7) is 0.802. The van der Waals surface area contributed by atoms with Crippen LogP contribution >= 0.6 is 0 Å². The van der Waals surface area contributed by atoms with Gasteiger partial charge >= 0.3 is 0 Å². The summed E-state index contributed by atoms with van der Waals surface area (Å²) in [4.78, 5) is 41.6. The van der Waals surface area contributed by atoms with E-state index in [2.05, 4.69) is 10.6 Å². The molecule has 0 unspecified atom stereocenters. The molecule has 3 amide bonds. The van der Waals surface area contributed by atoms with Crippen molar-refractivity contribution in [1.29, 1.82) is 0 Å². The van der Waals surface area contributed by atoms with E-state index in [0.717, 1.165) is 30.4 Å². The van der Waals surface area contributed by atoms with Crippen LogP contribution in [0.15, 0.2) is 66.7 Å². The first-order chi connectivity index (χ1) is 21.8. The largest absolute Gasteiger partial charge is 0.496 e. The van der Waals surface area contributed by atoms with Crippen molar-refractivity contribution in [2.45, 2.75) is 62.8 Å². The standard InChI is InChI=1S/C35H39N3O7/c1-43-30-13-10-25-19-28(30)24-6-5-7-27(18-24)44-22-32(39)36-20-23-8-11-26(12-9-23)45-31-14-17-38(21-29(31)37-33(25)40)34(41)35(42)15-3-2-4-16-35/h5-13,18-19,29,31,42H,2-4,14-17,20-22H2,1H3,(H,36,39)(H,37,40)/t29-,31-/m1/s1. The van der Waals surface area contributed by atoms with Gasteiger partial charge < -0.3 is 34.9 Å². The summed E-state index contributed by atoms with van der Waals surface area (Å²) in [6.07, 6.45) is 3.61. The van der Waals surface area contributed by atoms with Crippen LogP contribution in [-0.2, 0) is 16.1 Å². The molecule has 10 nitrogen and oxygen atoms in total. The van der Waals surface area contributed by atoms with E-state index >= 15 is 0 Å². The number of aliphatic hydroxyl groups is 1. The summed E-state index contributed by atoms with van der Waals surface area (Å²) in [7, 11) is 1.56. The average Bonchev–Trinajstić information content (AvgIpc) is 3.07. The Bertz CT molecular complexity index is 1550. The van der Waals surface area contributed by atoms with Crippen LogP contribution in [0.25, 0.3) is 11.1 Å². The number of carbonyl (C=O) groups excluding carboxylic acids is 3. The van der Waals surface area contributed by atoms with Gasteiger partial charge in [-0.15, -0.1) is 0 Å². The molecule has 3 N–H and O–H groups in total. The molecule has 1 aliphatic carbocycles. The third-order valence-corrected chi connectivity index (χ3v) is 8.91. The van der Waals surface area contributed by atoms with Crippen molar-refractivity contribution in [3.8, 4) is 28.4 Å². The smallest absolute Gasteiger partial charge is 0.258 e. The molecule has 10 heteroatoms. The molecule has 3 aromatic carbocycles. The van der Waals surface area contributed by atoms with Gasteiger partial charge in [-0.2, -0.15) is 0 Å². The Morgan fingerprint density at radius 2 is 1.78 bits per heavy atom. The molecule has 4 aliphatic rings. The highest BCUT2D eigenvalue weighted by Gasteiger charge is 2.43. The monoisotopic (exact) mass is 613 g/mol. The number of hydrogen-bond donors (Lipinski definition) is 3. The molecule has 0 spiro atoms. The number of hydrogen-bond acceptors (Lipinski definition) is 7. The predicted molar refractivity (Wildman–Crippen MR) is 167 cm³/mol. The molecule has 0 radical (unpaired) electrons. The van der Waals surface area contributed by atoms with Crippen molar-refractivity contribution >= 4 is 17.7 Å². The average molecular weight is 614 g/mol. The summed E-state index contributed by atoms with van der Waals surface area (Å²) in [6, 6.07) is 19.3. The first kappa shape index (κ1) is 30.5. The van der Waals surface area contributed by atoms with Gasteiger partial charge in [0.15, 0.2) is 6.61 Å². The van der Waals surface area contributed by atoms with Crippen molar-refractivity contribution < 1.29 is 33.7 Å². The fourth-order valence-electron chi connectivity index (χ4n) is 6.38. The zero-order valence-corrected chi connectivity index (χ0v) is 25.4. The Balaban J connectivity index is 1.33. The van der Waals surface area contributed by atoms with E-state index in [0.29, 0.717) is 60.7 Å². The quantitative estimate of drug-likeness (QED) is 0.401. The topological polar surface area (TPSA) is 126 Å². The molecule has 1 saturated carbocycles. The first-order valence-electron chi connectivity index (χ1n) is 15.6. The van der Waals surface area contributed by atoms with E-state index in [-0.39, 0.29) is 30.9 Å². The number of fused-ring (bicyclic) bond motifs is 7.